The molecule has 13 heteroatoms. The van der Waals surface area contributed by atoms with Gasteiger partial charge in [-0.05, 0) is 98.3 Å². The van der Waals surface area contributed by atoms with Crippen molar-refractivity contribution in [2.75, 3.05) is 49.5 Å². The zero-order valence-corrected chi connectivity index (χ0v) is 28.3. The van der Waals surface area contributed by atoms with Crippen LogP contribution in [-0.4, -0.2) is 89.1 Å². The number of carbonyl (C=O) groups is 3. The van der Waals surface area contributed by atoms with Gasteiger partial charge in [-0.3, -0.25) is 4.79 Å². The Morgan fingerprint density at radius 1 is 0.935 bits per heavy atom. The first-order chi connectivity index (χ1) is 22.2. The maximum absolute atomic E-state index is 13.9. The van der Waals surface area contributed by atoms with Crippen molar-refractivity contribution in [3.8, 4) is 5.75 Å². The van der Waals surface area contributed by atoms with Crippen LogP contribution in [0.4, 0.5) is 25.4 Å². The van der Waals surface area contributed by atoms with E-state index >= 15 is 0 Å². The number of nitrogens with one attached hydrogen (secondary N) is 2. The molecule has 2 saturated heterocycles. The molecule has 0 saturated carbocycles. The molecule has 0 spiro atoms. The number of hydrogen-bond donors (Lipinski definition) is 3. The minimum atomic E-state index is -0.838. The molecule has 242 valence electrons. The predicted molar refractivity (Wildman–Crippen MR) is 180 cm³/mol. The lowest BCUT2D eigenvalue weighted by Crippen LogP contribution is -2.58. The number of piperidine rings is 1. The van der Waals surface area contributed by atoms with Crippen molar-refractivity contribution in [1.29, 1.82) is 0 Å². The maximum atomic E-state index is 13.9. The first kappa shape index (κ1) is 32.1. The summed E-state index contributed by atoms with van der Waals surface area (Å²) in [4.78, 5) is 47.8. The first-order valence-corrected chi connectivity index (χ1v) is 16.9. The SMILES string of the molecule is O=C(N[C@H](Cc1cc(Br)c(O)c(Br)c1)C(=O)N1CCN(c2ccc(F)cc2)CC1)N1CCC(N2Cc3ccccc3NC2=O)CC1. The number of nitrogens with zero attached hydrogens (tertiary/aromatic N) is 4. The van der Waals surface area contributed by atoms with Gasteiger partial charge in [0.1, 0.15) is 17.6 Å². The number of phenolic OH excluding ortho intramolecular Hbond substituents is 1. The molecule has 3 aromatic rings. The molecule has 3 heterocycles. The third kappa shape index (κ3) is 7.10. The molecule has 0 radical (unpaired) electrons. The third-order valence-corrected chi connectivity index (χ3v) is 10.2. The van der Waals surface area contributed by atoms with Crippen LogP contribution in [0, 0.1) is 5.82 Å². The number of carbonyl (C=O) groups excluding carboxylic acids is 3. The van der Waals surface area contributed by atoms with E-state index < -0.39 is 6.04 Å². The molecule has 0 aromatic heterocycles. The average molecular weight is 758 g/mol. The molecule has 0 bridgehead atoms. The number of piperazine rings is 1. The number of para-hydroxylation sites is 1. The van der Waals surface area contributed by atoms with Crippen LogP contribution in [0.2, 0.25) is 0 Å². The molecule has 0 unspecified atom stereocenters. The summed E-state index contributed by atoms with van der Waals surface area (Å²) >= 11 is 6.73. The lowest BCUT2D eigenvalue weighted by molar-refractivity contribution is -0.133. The molecule has 2 fully saturated rings. The monoisotopic (exact) mass is 756 g/mol. The normalized spacial score (nSPS) is 17.8. The van der Waals surface area contributed by atoms with Crippen LogP contribution in [-0.2, 0) is 17.8 Å². The van der Waals surface area contributed by atoms with E-state index in [2.05, 4.69) is 47.4 Å². The van der Waals surface area contributed by atoms with E-state index in [0.29, 0.717) is 67.6 Å². The van der Waals surface area contributed by atoms with Gasteiger partial charge in [0.15, 0.2) is 0 Å². The van der Waals surface area contributed by atoms with Crippen LogP contribution in [0.1, 0.15) is 24.0 Å². The summed E-state index contributed by atoms with van der Waals surface area (Å²) < 4.78 is 14.4. The van der Waals surface area contributed by atoms with Gasteiger partial charge >= 0.3 is 12.1 Å². The number of rotatable bonds is 6. The Kier molecular flexibility index (Phi) is 9.69. The largest absolute Gasteiger partial charge is 0.506 e. The van der Waals surface area contributed by atoms with Gasteiger partial charge in [-0.1, -0.05) is 18.2 Å². The highest BCUT2D eigenvalue weighted by Gasteiger charge is 2.35. The standard InChI is InChI=1S/C33H35Br2FN6O4/c34-26-17-21(18-27(35)30(26)43)19-29(31(44)40-15-13-39(14-16-40)24-7-5-23(36)6-8-24)38-32(45)41-11-9-25(10-12-41)42-20-22-3-1-2-4-28(22)37-33(42)46/h1-8,17-18,25,29,43H,9-16,19-20H2,(H,37,46)(H,38,45)/t29-/m1/s1. The zero-order valence-electron chi connectivity index (χ0n) is 25.1. The second-order valence-corrected chi connectivity index (χ2v) is 13.5. The van der Waals surface area contributed by atoms with Gasteiger partial charge in [-0.25, -0.2) is 14.0 Å². The Morgan fingerprint density at radius 2 is 1.59 bits per heavy atom. The fourth-order valence-electron chi connectivity index (χ4n) is 6.37. The molecule has 1 atom stereocenters. The molecule has 3 N–H and O–H groups in total. The topological polar surface area (TPSA) is 108 Å². The molecule has 3 aromatic carbocycles. The van der Waals surface area contributed by atoms with Crippen LogP contribution in [0.25, 0.3) is 0 Å². The first-order valence-electron chi connectivity index (χ1n) is 15.3. The van der Waals surface area contributed by atoms with E-state index in [1.807, 2.05) is 29.2 Å². The van der Waals surface area contributed by atoms with Gasteiger partial charge in [-0.15, -0.1) is 0 Å². The van der Waals surface area contributed by atoms with E-state index in [4.69, 9.17) is 0 Å². The number of benzene rings is 3. The summed E-state index contributed by atoms with van der Waals surface area (Å²) in [6.45, 7) is 3.51. The minimum absolute atomic E-state index is 0.000986. The number of fused-ring (bicyclic) bond motifs is 1. The smallest absolute Gasteiger partial charge is 0.322 e. The summed E-state index contributed by atoms with van der Waals surface area (Å²) in [5.41, 5.74) is 3.55. The molecule has 46 heavy (non-hydrogen) atoms. The van der Waals surface area contributed by atoms with Crippen LogP contribution >= 0.6 is 31.9 Å². The quantitative estimate of drug-likeness (QED) is 0.307. The zero-order chi connectivity index (χ0) is 32.4. The summed E-state index contributed by atoms with van der Waals surface area (Å²) in [6.07, 6.45) is 1.49. The Bertz CT molecular complexity index is 1590. The number of hydrogen-bond acceptors (Lipinski definition) is 5. The van der Waals surface area contributed by atoms with Crippen LogP contribution < -0.4 is 15.5 Å². The van der Waals surface area contributed by atoms with E-state index in [1.54, 1.807) is 34.1 Å². The Hall–Kier alpha value is -3.84. The van der Waals surface area contributed by atoms with Crippen LogP contribution in [0.3, 0.4) is 0 Å². The van der Waals surface area contributed by atoms with Crippen molar-refractivity contribution in [3.05, 3.63) is 86.6 Å². The number of urea groups is 2. The number of phenols is 1. The van der Waals surface area contributed by atoms with Crippen molar-refractivity contribution in [1.82, 2.24) is 20.0 Å². The summed E-state index contributed by atoms with van der Waals surface area (Å²) in [7, 11) is 0. The molecule has 5 amide bonds. The Morgan fingerprint density at radius 3 is 2.26 bits per heavy atom. The Balaban J connectivity index is 1.11. The lowest BCUT2D eigenvalue weighted by Gasteiger charge is -2.41. The minimum Gasteiger partial charge on any atom is -0.506 e. The highest BCUT2D eigenvalue weighted by Crippen LogP contribution is 2.34. The van der Waals surface area contributed by atoms with Gasteiger partial charge in [0.25, 0.3) is 0 Å². The van der Waals surface area contributed by atoms with Gasteiger partial charge < -0.3 is 35.3 Å². The predicted octanol–water partition coefficient (Wildman–Crippen LogP) is 5.54. The van der Waals surface area contributed by atoms with Gasteiger partial charge in [-0.2, -0.15) is 0 Å². The van der Waals surface area contributed by atoms with E-state index in [1.165, 1.54) is 12.1 Å². The van der Waals surface area contributed by atoms with Crippen molar-refractivity contribution in [2.24, 2.45) is 0 Å². The molecule has 0 aliphatic carbocycles. The second kappa shape index (κ2) is 13.9. The molecule has 6 rings (SSSR count). The van der Waals surface area contributed by atoms with Crippen molar-refractivity contribution < 1.29 is 23.9 Å². The fraction of sp³-hybridized carbons (Fsp3) is 0.364. The lowest BCUT2D eigenvalue weighted by atomic mass is 10.0. The number of amides is 5. The number of likely N-dealkylation sites (tertiary alicyclic amines) is 1. The average Bonchev–Trinajstić information content (AvgIpc) is 3.06. The highest BCUT2D eigenvalue weighted by molar-refractivity contribution is 9.11. The van der Waals surface area contributed by atoms with E-state index in [-0.39, 0.29) is 42.0 Å². The van der Waals surface area contributed by atoms with Gasteiger partial charge in [0.2, 0.25) is 5.91 Å². The van der Waals surface area contributed by atoms with Crippen molar-refractivity contribution >= 4 is 61.2 Å². The second-order valence-electron chi connectivity index (χ2n) is 11.8. The number of halogens is 3. The summed E-state index contributed by atoms with van der Waals surface area (Å²) in [5, 5.41) is 16.2. The van der Waals surface area contributed by atoms with Crippen LogP contribution in [0.5, 0.6) is 5.75 Å². The number of anilines is 2. The van der Waals surface area contributed by atoms with Gasteiger partial charge in [0.05, 0.1) is 8.95 Å². The Labute approximate surface area is 283 Å². The molecule has 3 aliphatic rings. The molecule has 10 nitrogen and oxygen atoms in total. The van der Waals surface area contributed by atoms with Crippen molar-refractivity contribution in [3.63, 3.8) is 0 Å². The van der Waals surface area contributed by atoms with E-state index in [0.717, 1.165) is 22.5 Å². The van der Waals surface area contributed by atoms with Crippen molar-refractivity contribution in [2.45, 2.75) is 37.9 Å². The van der Waals surface area contributed by atoms with E-state index in [9.17, 15) is 23.9 Å². The maximum Gasteiger partial charge on any atom is 0.322 e. The van der Waals surface area contributed by atoms with Crippen LogP contribution in [0.15, 0.2) is 69.6 Å². The number of aromatic hydroxyl groups is 1. The third-order valence-electron chi connectivity index (χ3n) is 8.95. The highest BCUT2D eigenvalue weighted by atomic mass is 79.9. The molecule has 3 aliphatic heterocycles. The fourth-order valence-corrected chi connectivity index (χ4v) is 7.65. The summed E-state index contributed by atoms with van der Waals surface area (Å²) in [6, 6.07) is 16.3. The summed E-state index contributed by atoms with van der Waals surface area (Å²) in [5.74, 6) is -0.428. The molecular formula is C33H35Br2FN6O4. The van der Waals surface area contributed by atoms with Gasteiger partial charge in [0, 0.05) is 69.7 Å². The molecular weight excluding hydrogens is 723 g/mol.